The van der Waals surface area contributed by atoms with Crippen LogP contribution in [0.4, 0.5) is 0 Å². The number of nitrogens with two attached hydrogens (primary N) is 1. The predicted octanol–water partition coefficient (Wildman–Crippen LogP) is 2.85. The Morgan fingerprint density at radius 2 is 1.84 bits per heavy atom. The van der Waals surface area contributed by atoms with E-state index >= 15 is 0 Å². The van der Waals surface area contributed by atoms with Crippen molar-refractivity contribution in [3.05, 3.63) is 94.7 Å². The Balaban J connectivity index is 1.89. The number of benzene rings is 2. The summed E-state index contributed by atoms with van der Waals surface area (Å²) in [5.74, 6) is -0.473. The number of carbonyl (C=O) groups is 1. The van der Waals surface area contributed by atoms with Gasteiger partial charge in [-0.2, -0.15) is 0 Å². The zero-order valence-electron chi connectivity index (χ0n) is 13.7. The van der Waals surface area contributed by atoms with Crippen molar-refractivity contribution in [3.63, 3.8) is 0 Å². The first kappa shape index (κ1) is 17.3. The minimum absolute atomic E-state index is 0.463. The Labute approximate surface area is 152 Å². The fourth-order valence-electron chi connectivity index (χ4n) is 3.01. The van der Waals surface area contributed by atoms with Crippen molar-refractivity contribution in [3.8, 4) is 0 Å². The molecule has 0 bridgehead atoms. The third-order valence-corrected chi connectivity index (χ3v) is 4.50. The maximum Gasteiger partial charge on any atom is 0.248 e. The molecule has 2 aromatic rings. The molecular weight excluding hydrogens is 334 g/mol. The van der Waals surface area contributed by atoms with E-state index in [-0.39, 0.29) is 0 Å². The smallest absolute Gasteiger partial charge is 0.248 e. The third kappa shape index (κ3) is 3.76. The van der Waals surface area contributed by atoms with E-state index < -0.39 is 11.6 Å². The van der Waals surface area contributed by atoms with Crippen molar-refractivity contribution >= 4 is 17.5 Å². The summed E-state index contributed by atoms with van der Waals surface area (Å²) in [5.41, 5.74) is 7.33. The lowest BCUT2D eigenvalue weighted by Gasteiger charge is -2.38. The topological polar surface area (TPSA) is 67.2 Å². The van der Waals surface area contributed by atoms with Crippen LogP contribution in [0.2, 0.25) is 5.02 Å². The Kier molecular flexibility index (Phi) is 5.22. The minimum atomic E-state index is -0.875. The Hall–Kier alpha value is -2.56. The Morgan fingerprint density at radius 3 is 2.52 bits per heavy atom. The van der Waals surface area contributed by atoms with Crippen LogP contribution in [0.15, 0.2) is 78.5 Å². The van der Waals surface area contributed by atoms with Gasteiger partial charge in [0.25, 0.3) is 0 Å². The zero-order chi connectivity index (χ0) is 17.7. The van der Waals surface area contributed by atoms with Gasteiger partial charge in [-0.25, -0.2) is 0 Å². The molecule has 5 heteroatoms. The molecule has 1 aliphatic rings. The van der Waals surface area contributed by atoms with E-state index in [0.717, 1.165) is 12.0 Å². The molecule has 1 amide bonds. The average molecular weight is 354 g/mol. The molecule has 0 saturated carbocycles. The van der Waals surface area contributed by atoms with E-state index in [0.29, 0.717) is 17.1 Å². The lowest BCUT2D eigenvalue weighted by molar-refractivity contribution is -0.115. The monoisotopic (exact) mass is 353 g/mol. The van der Waals surface area contributed by atoms with E-state index in [1.807, 2.05) is 30.3 Å². The number of allylic oxidation sites excluding steroid dienone is 2. The molecular formula is C20H20ClN3O. The largest absolute Gasteiger partial charge is 0.366 e. The van der Waals surface area contributed by atoms with Crippen LogP contribution in [0.3, 0.4) is 0 Å². The van der Waals surface area contributed by atoms with Gasteiger partial charge in [0.2, 0.25) is 5.91 Å². The highest BCUT2D eigenvalue weighted by atomic mass is 35.5. The molecule has 0 radical (unpaired) electrons. The second-order valence-electron chi connectivity index (χ2n) is 5.87. The zero-order valence-corrected chi connectivity index (χ0v) is 14.5. The Morgan fingerprint density at radius 1 is 1.12 bits per heavy atom. The summed E-state index contributed by atoms with van der Waals surface area (Å²) in [6, 6.07) is 17.6. The molecule has 0 fully saturated rings. The first-order chi connectivity index (χ1) is 12.1. The summed E-state index contributed by atoms with van der Waals surface area (Å²) < 4.78 is 0. The molecule has 1 unspecified atom stereocenters. The van der Waals surface area contributed by atoms with Crippen molar-refractivity contribution in [2.24, 2.45) is 5.73 Å². The summed E-state index contributed by atoms with van der Waals surface area (Å²) >= 11 is 6.02. The molecule has 0 aliphatic carbocycles. The fraction of sp³-hybridized carbons (Fsp3) is 0.150. The van der Waals surface area contributed by atoms with Gasteiger partial charge in [-0.15, -0.1) is 0 Å². The normalized spacial score (nSPS) is 19.2. The van der Waals surface area contributed by atoms with E-state index in [2.05, 4.69) is 22.8 Å². The second kappa shape index (κ2) is 7.55. The first-order valence-corrected chi connectivity index (χ1v) is 8.49. The van der Waals surface area contributed by atoms with Crippen LogP contribution in [-0.2, 0) is 16.9 Å². The van der Waals surface area contributed by atoms with Gasteiger partial charge in [0, 0.05) is 11.6 Å². The Bertz CT molecular complexity index is 799. The number of nitrogens with one attached hydrogen (secondary N) is 2. The summed E-state index contributed by atoms with van der Waals surface area (Å²) in [6.45, 7) is 0.665. The van der Waals surface area contributed by atoms with Gasteiger partial charge in [-0.1, -0.05) is 54.1 Å². The molecule has 128 valence electrons. The minimum Gasteiger partial charge on any atom is -0.366 e. The van der Waals surface area contributed by atoms with E-state index in [1.54, 1.807) is 30.5 Å². The standard InChI is InChI=1S/C20H20ClN3O/c21-17-10-8-16(9-11-17)20(18(19(22)25)7-4-13-23-20)24-14-12-15-5-2-1-3-6-15/h1-11,13,23-24H,12,14H2,(H2,22,25). The van der Waals surface area contributed by atoms with Crippen LogP contribution in [0, 0.1) is 0 Å². The average Bonchev–Trinajstić information content (AvgIpc) is 2.63. The van der Waals surface area contributed by atoms with Crippen LogP contribution in [-0.4, -0.2) is 12.5 Å². The van der Waals surface area contributed by atoms with Crippen LogP contribution < -0.4 is 16.4 Å². The van der Waals surface area contributed by atoms with Crippen molar-refractivity contribution in [1.82, 2.24) is 10.6 Å². The number of halogens is 1. The third-order valence-electron chi connectivity index (χ3n) is 4.25. The van der Waals surface area contributed by atoms with Crippen LogP contribution in [0.1, 0.15) is 11.1 Å². The number of primary amides is 1. The molecule has 1 heterocycles. The summed E-state index contributed by atoms with van der Waals surface area (Å²) in [6.07, 6.45) is 6.14. The van der Waals surface area contributed by atoms with Gasteiger partial charge in [0.05, 0.1) is 5.57 Å². The highest BCUT2D eigenvalue weighted by molar-refractivity contribution is 6.30. The molecule has 1 aliphatic heterocycles. The van der Waals surface area contributed by atoms with Crippen molar-refractivity contribution in [2.75, 3.05) is 6.54 Å². The number of carbonyl (C=O) groups excluding carboxylic acids is 1. The van der Waals surface area contributed by atoms with Gasteiger partial charge < -0.3 is 11.1 Å². The number of hydrogen-bond donors (Lipinski definition) is 3. The van der Waals surface area contributed by atoms with Crippen molar-refractivity contribution in [1.29, 1.82) is 0 Å². The molecule has 4 nitrogen and oxygen atoms in total. The lowest BCUT2D eigenvalue weighted by Crippen LogP contribution is -2.57. The number of rotatable bonds is 6. The van der Waals surface area contributed by atoms with E-state index in [1.165, 1.54) is 5.56 Å². The molecule has 0 spiro atoms. The molecule has 3 rings (SSSR count). The van der Waals surface area contributed by atoms with Gasteiger partial charge in [0.1, 0.15) is 5.66 Å². The van der Waals surface area contributed by atoms with E-state index in [4.69, 9.17) is 17.3 Å². The van der Waals surface area contributed by atoms with E-state index in [9.17, 15) is 4.79 Å². The van der Waals surface area contributed by atoms with Crippen LogP contribution >= 0.6 is 11.6 Å². The number of hydrogen-bond acceptors (Lipinski definition) is 3. The number of amides is 1. The predicted molar refractivity (Wildman–Crippen MR) is 101 cm³/mol. The van der Waals surface area contributed by atoms with Crippen LogP contribution in [0.25, 0.3) is 0 Å². The second-order valence-corrected chi connectivity index (χ2v) is 6.30. The number of dihydropyridines is 1. The highest BCUT2D eigenvalue weighted by Gasteiger charge is 2.38. The van der Waals surface area contributed by atoms with Gasteiger partial charge in [-0.3, -0.25) is 10.1 Å². The van der Waals surface area contributed by atoms with Crippen molar-refractivity contribution in [2.45, 2.75) is 12.1 Å². The highest BCUT2D eigenvalue weighted by Crippen LogP contribution is 2.30. The molecule has 0 aromatic heterocycles. The summed E-state index contributed by atoms with van der Waals surface area (Å²) in [4.78, 5) is 12.1. The summed E-state index contributed by atoms with van der Waals surface area (Å²) in [7, 11) is 0. The molecule has 25 heavy (non-hydrogen) atoms. The quantitative estimate of drug-likeness (QED) is 0.748. The molecule has 2 aromatic carbocycles. The first-order valence-electron chi connectivity index (χ1n) is 8.11. The SMILES string of the molecule is NC(=O)C1=CC=CNC1(NCCc1ccccc1)c1ccc(Cl)cc1. The van der Waals surface area contributed by atoms with Crippen molar-refractivity contribution < 1.29 is 4.79 Å². The molecule has 4 N–H and O–H groups in total. The summed E-state index contributed by atoms with van der Waals surface area (Å²) in [5, 5.41) is 7.40. The molecule has 0 saturated heterocycles. The fourth-order valence-corrected chi connectivity index (χ4v) is 3.14. The van der Waals surface area contributed by atoms with Gasteiger partial charge in [0.15, 0.2) is 0 Å². The van der Waals surface area contributed by atoms with Gasteiger partial charge >= 0.3 is 0 Å². The maximum absolute atomic E-state index is 12.1. The maximum atomic E-state index is 12.1. The lowest BCUT2D eigenvalue weighted by atomic mass is 9.88. The molecule has 1 atom stereocenters. The van der Waals surface area contributed by atoms with Crippen LogP contribution in [0.5, 0.6) is 0 Å². The van der Waals surface area contributed by atoms with Gasteiger partial charge in [-0.05, 0) is 48.0 Å².